The maximum atomic E-state index is 10.2. The minimum Gasteiger partial charge on any atom is -0.394 e. The summed E-state index contributed by atoms with van der Waals surface area (Å²) in [5.41, 5.74) is 0. The van der Waals surface area contributed by atoms with Gasteiger partial charge < -0.3 is 55.1 Å². The van der Waals surface area contributed by atoms with Crippen LogP contribution in [-0.2, 0) is 14.2 Å². The molecule has 11 atom stereocenters. The van der Waals surface area contributed by atoms with Gasteiger partial charge in [-0.15, -0.1) is 0 Å². The zero-order valence-corrected chi connectivity index (χ0v) is 12.9. The highest BCUT2D eigenvalue weighted by Gasteiger charge is 2.53. The molecule has 2 rings (SSSR count). The second-order valence-electron chi connectivity index (χ2n) is 5.96. The van der Waals surface area contributed by atoms with Gasteiger partial charge >= 0.3 is 0 Å². The van der Waals surface area contributed by atoms with E-state index in [4.69, 9.17) is 19.3 Å². The van der Waals surface area contributed by atoms with Crippen molar-refractivity contribution in [2.45, 2.75) is 67.3 Å². The van der Waals surface area contributed by atoms with E-state index in [1.807, 2.05) is 0 Å². The van der Waals surface area contributed by atoms with Crippen molar-refractivity contribution in [1.29, 1.82) is 0 Å². The predicted molar refractivity (Wildman–Crippen MR) is 73.5 cm³/mol. The maximum Gasteiger partial charge on any atom is 0.187 e. The van der Waals surface area contributed by atoms with Crippen molar-refractivity contribution in [3.63, 3.8) is 0 Å². The highest BCUT2D eigenvalue weighted by Crippen LogP contribution is 2.30. The fourth-order valence-corrected chi connectivity index (χ4v) is 2.96. The zero-order chi connectivity index (χ0) is 18.2. The molecule has 1 saturated carbocycles. The molecule has 0 aromatic rings. The second-order valence-corrected chi connectivity index (χ2v) is 5.96. The topological polar surface area (TPSA) is 190 Å². The molecule has 142 valence electrons. The van der Waals surface area contributed by atoms with E-state index in [0.29, 0.717) is 0 Å². The van der Waals surface area contributed by atoms with Crippen LogP contribution in [0.15, 0.2) is 0 Å². The van der Waals surface area contributed by atoms with E-state index in [1.165, 1.54) is 7.11 Å². The molecule has 0 bridgehead atoms. The number of ether oxygens (including phenoxy) is 3. The maximum absolute atomic E-state index is 10.2. The van der Waals surface area contributed by atoms with E-state index in [-0.39, 0.29) is 0 Å². The Morgan fingerprint density at radius 1 is 0.708 bits per heavy atom. The van der Waals surface area contributed by atoms with Crippen LogP contribution in [0.1, 0.15) is 0 Å². The lowest BCUT2D eigenvalue weighted by Crippen LogP contribution is -2.67. The van der Waals surface area contributed by atoms with Gasteiger partial charge in [-0.25, -0.2) is 0 Å². The van der Waals surface area contributed by atoms with Crippen LogP contribution in [0.3, 0.4) is 0 Å². The fraction of sp³-hybridized carbons (Fsp3) is 1.00. The molecule has 1 saturated heterocycles. The van der Waals surface area contributed by atoms with E-state index in [1.54, 1.807) is 0 Å². The molecule has 0 aromatic carbocycles. The van der Waals surface area contributed by atoms with E-state index in [9.17, 15) is 35.7 Å². The van der Waals surface area contributed by atoms with E-state index < -0.39 is 73.9 Å². The van der Waals surface area contributed by atoms with Gasteiger partial charge in [0.25, 0.3) is 0 Å². The van der Waals surface area contributed by atoms with Crippen molar-refractivity contribution < 1.29 is 55.1 Å². The molecule has 0 radical (unpaired) electrons. The number of hydrogen-bond donors (Lipinski definition) is 8. The summed E-state index contributed by atoms with van der Waals surface area (Å²) in [5.74, 6) is 0. The minimum absolute atomic E-state index is 0.678. The molecule has 1 aliphatic carbocycles. The first-order valence-electron chi connectivity index (χ1n) is 7.45. The third kappa shape index (κ3) is 3.43. The van der Waals surface area contributed by atoms with Crippen LogP contribution in [0.2, 0.25) is 0 Å². The molecule has 2 fully saturated rings. The highest BCUT2D eigenvalue weighted by atomic mass is 16.7. The van der Waals surface area contributed by atoms with Gasteiger partial charge in [0.15, 0.2) is 6.29 Å². The van der Waals surface area contributed by atoms with Crippen molar-refractivity contribution >= 4 is 0 Å². The van der Waals surface area contributed by atoms with Gasteiger partial charge in [0.2, 0.25) is 0 Å². The van der Waals surface area contributed by atoms with Gasteiger partial charge in [-0.1, -0.05) is 0 Å². The smallest absolute Gasteiger partial charge is 0.187 e. The molecule has 8 N–H and O–H groups in total. The lowest BCUT2D eigenvalue weighted by atomic mass is 9.84. The quantitative estimate of drug-likeness (QED) is 0.240. The van der Waals surface area contributed by atoms with Gasteiger partial charge in [-0.2, -0.15) is 0 Å². The van der Waals surface area contributed by atoms with E-state index in [2.05, 4.69) is 0 Å². The lowest BCUT2D eigenvalue weighted by molar-refractivity contribution is -0.340. The van der Waals surface area contributed by atoms with Crippen molar-refractivity contribution in [3.8, 4) is 0 Å². The van der Waals surface area contributed by atoms with Crippen molar-refractivity contribution in [1.82, 2.24) is 0 Å². The molecule has 0 aromatic heterocycles. The Hall–Kier alpha value is -0.440. The normalized spacial score (nSPS) is 53.1. The molecule has 1 heterocycles. The molecule has 24 heavy (non-hydrogen) atoms. The first kappa shape index (κ1) is 19.9. The van der Waals surface area contributed by atoms with Gasteiger partial charge in [-0.05, 0) is 0 Å². The van der Waals surface area contributed by atoms with Crippen LogP contribution in [0.4, 0.5) is 0 Å². The number of aliphatic hydroxyl groups is 8. The Morgan fingerprint density at radius 3 is 1.79 bits per heavy atom. The summed E-state index contributed by atoms with van der Waals surface area (Å²) in [6.07, 6.45) is -17.3. The van der Waals surface area contributed by atoms with Gasteiger partial charge in [-0.3, -0.25) is 0 Å². The average Bonchev–Trinajstić information content (AvgIpc) is 2.57. The summed E-state index contributed by atoms with van der Waals surface area (Å²) in [5, 5.41) is 78.2. The molecular weight excluding hydrogens is 332 g/mol. The summed E-state index contributed by atoms with van der Waals surface area (Å²) >= 11 is 0. The lowest BCUT2D eigenvalue weighted by Gasteiger charge is -2.46. The monoisotopic (exact) mass is 356 g/mol. The minimum atomic E-state index is -1.74. The predicted octanol–water partition coefficient (Wildman–Crippen LogP) is -5.36. The largest absolute Gasteiger partial charge is 0.394 e. The van der Waals surface area contributed by atoms with Gasteiger partial charge in [0, 0.05) is 7.11 Å². The number of rotatable bonds is 4. The summed E-state index contributed by atoms with van der Waals surface area (Å²) in [4.78, 5) is 0. The number of hydrogen-bond acceptors (Lipinski definition) is 11. The van der Waals surface area contributed by atoms with Crippen LogP contribution < -0.4 is 0 Å². The van der Waals surface area contributed by atoms with Crippen LogP contribution in [0.5, 0.6) is 0 Å². The molecule has 11 nitrogen and oxygen atoms in total. The molecule has 1 aliphatic heterocycles. The third-order valence-corrected chi connectivity index (χ3v) is 4.46. The van der Waals surface area contributed by atoms with Gasteiger partial charge in [0.1, 0.15) is 61.0 Å². The Balaban J connectivity index is 2.15. The van der Waals surface area contributed by atoms with Crippen molar-refractivity contribution in [2.24, 2.45) is 0 Å². The molecule has 2 aliphatic rings. The standard InChI is InChI=1S/C13H24O11/c1-22-11-7(18)6(17)8(19)12(10(11)21)24-13-9(20)5(16)4(15)3(2-14)23-13/h3-21H,2H2,1H3/t3-,4+,5+,6-,7+,8+,9-,10+,11-,12+,13-/m1/s1. The average molecular weight is 356 g/mol. The number of methoxy groups -OCH3 is 1. The summed E-state index contributed by atoms with van der Waals surface area (Å²) < 4.78 is 15.3. The fourth-order valence-electron chi connectivity index (χ4n) is 2.96. The molecule has 0 amide bonds. The molecule has 0 spiro atoms. The van der Waals surface area contributed by atoms with Crippen LogP contribution >= 0.6 is 0 Å². The van der Waals surface area contributed by atoms with Gasteiger partial charge in [0.05, 0.1) is 6.61 Å². The first-order chi connectivity index (χ1) is 11.2. The molecule has 0 unspecified atom stereocenters. The van der Waals surface area contributed by atoms with Crippen molar-refractivity contribution in [2.75, 3.05) is 13.7 Å². The zero-order valence-electron chi connectivity index (χ0n) is 12.9. The third-order valence-electron chi connectivity index (χ3n) is 4.46. The summed E-state index contributed by atoms with van der Waals surface area (Å²) in [6.45, 7) is -0.678. The van der Waals surface area contributed by atoms with E-state index in [0.717, 1.165) is 0 Å². The Bertz CT molecular complexity index is 407. The summed E-state index contributed by atoms with van der Waals surface area (Å²) in [7, 11) is 1.17. The van der Waals surface area contributed by atoms with E-state index >= 15 is 0 Å². The molecular formula is C13H24O11. The first-order valence-corrected chi connectivity index (χ1v) is 7.45. The Labute approximate surface area is 137 Å². The summed E-state index contributed by atoms with van der Waals surface area (Å²) in [6, 6.07) is 0. The second kappa shape index (κ2) is 7.85. The SMILES string of the molecule is CO[C@H]1[C@H](O)[C@@H](O[C@H]2O[C@H](CO)[C@H](O)[C@H](O)[C@H]2O)[C@@H](O)[C@H](O)[C@@H]1O. The van der Waals surface area contributed by atoms with Crippen molar-refractivity contribution in [3.05, 3.63) is 0 Å². The number of aliphatic hydroxyl groups excluding tert-OH is 8. The van der Waals surface area contributed by atoms with Crippen LogP contribution in [0.25, 0.3) is 0 Å². The Kier molecular flexibility index (Phi) is 6.50. The van der Waals surface area contributed by atoms with Crippen LogP contribution in [-0.4, -0.2) is 122 Å². The van der Waals surface area contributed by atoms with Crippen LogP contribution in [0, 0.1) is 0 Å². The Morgan fingerprint density at radius 2 is 1.25 bits per heavy atom. The highest BCUT2D eigenvalue weighted by molar-refractivity contribution is 5.01. The molecule has 11 heteroatoms.